The van der Waals surface area contributed by atoms with Crippen LogP contribution >= 0.6 is 23.2 Å². The minimum absolute atomic E-state index is 0.0358. The van der Waals surface area contributed by atoms with Gasteiger partial charge in [-0.05, 0) is 37.5 Å². The van der Waals surface area contributed by atoms with E-state index >= 15 is 0 Å². The third kappa shape index (κ3) is 2.85. The van der Waals surface area contributed by atoms with Crippen LogP contribution in [0.2, 0.25) is 10.0 Å². The maximum Gasteiger partial charge on any atom is 0.336 e. The van der Waals surface area contributed by atoms with Crippen LogP contribution in [0.15, 0.2) is 40.7 Å². The molecule has 126 valence electrons. The molecule has 0 saturated carbocycles. The normalized spacial score (nSPS) is 20.7. The Balaban J connectivity index is 2.23. The van der Waals surface area contributed by atoms with Crippen molar-refractivity contribution < 1.29 is 14.3 Å². The molecule has 2 aliphatic rings. The fraction of sp³-hybridized carbons (Fsp3) is 0.333. The van der Waals surface area contributed by atoms with E-state index in [9.17, 15) is 9.59 Å². The van der Waals surface area contributed by atoms with Gasteiger partial charge in [-0.15, -0.1) is 0 Å². The van der Waals surface area contributed by atoms with Gasteiger partial charge in [0.05, 0.1) is 12.7 Å². The summed E-state index contributed by atoms with van der Waals surface area (Å²) in [6.07, 6.45) is 2.04. The van der Waals surface area contributed by atoms with Crippen LogP contribution in [0.5, 0.6) is 0 Å². The summed E-state index contributed by atoms with van der Waals surface area (Å²) in [5.41, 5.74) is 3.26. The van der Waals surface area contributed by atoms with Gasteiger partial charge >= 0.3 is 5.97 Å². The molecule has 0 fully saturated rings. The highest BCUT2D eigenvalue weighted by Crippen LogP contribution is 2.44. The van der Waals surface area contributed by atoms with Gasteiger partial charge in [-0.1, -0.05) is 29.3 Å². The van der Waals surface area contributed by atoms with Gasteiger partial charge in [0.25, 0.3) is 0 Å². The fourth-order valence-electron chi connectivity index (χ4n) is 3.41. The summed E-state index contributed by atoms with van der Waals surface area (Å²) in [5.74, 6) is -0.971. The first-order valence-corrected chi connectivity index (χ1v) is 8.47. The maximum atomic E-state index is 12.6. The number of hydrogen-bond donors (Lipinski definition) is 1. The summed E-state index contributed by atoms with van der Waals surface area (Å²) in [5, 5.41) is 4.14. The number of benzene rings is 1. The summed E-state index contributed by atoms with van der Waals surface area (Å²) < 4.78 is 4.95. The number of carbonyl (C=O) groups is 2. The van der Waals surface area contributed by atoms with Crippen molar-refractivity contribution in [3.05, 3.63) is 56.3 Å². The highest BCUT2D eigenvalue weighted by molar-refractivity contribution is 6.35. The van der Waals surface area contributed by atoms with Crippen LogP contribution in [0.1, 0.15) is 37.7 Å². The van der Waals surface area contributed by atoms with Gasteiger partial charge in [-0.3, -0.25) is 4.79 Å². The zero-order chi connectivity index (χ0) is 17.4. The Morgan fingerprint density at radius 1 is 1.29 bits per heavy atom. The number of carbonyl (C=O) groups excluding carboxylic acids is 2. The van der Waals surface area contributed by atoms with Crippen LogP contribution in [0, 0.1) is 0 Å². The maximum absolute atomic E-state index is 12.6. The van der Waals surface area contributed by atoms with Crippen molar-refractivity contribution in [1.29, 1.82) is 0 Å². The predicted molar refractivity (Wildman–Crippen MR) is 92.9 cm³/mol. The third-order valence-corrected chi connectivity index (χ3v) is 5.02. The zero-order valence-electron chi connectivity index (χ0n) is 13.4. The number of allylic oxidation sites excluding steroid dienone is 3. The van der Waals surface area contributed by atoms with Gasteiger partial charge in [-0.25, -0.2) is 4.79 Å². The van der Waals surface area contributed by atoms with Crippen molar-refractivity contribution in [2.45, 2.75) is 32.1 Å². The lowest BCUT2D eigenvalue weighted by Crippen LogP contribution is -2.34. The van der Waals surface area contributed by atoms with Crippen LogP contribution in [0.25, 0.3) is 0 Å². The molecule has 1 aliphatic heterocycles. The minimum Gasteiger partial charge on any atom is -0.466 e. The molecule has 1 N–H and O–H groups in total. The summed E-state index contributed by atoms with van der Waals surface area (Å²) in [4.78, 5) is 25.0. The van der Waals surface area contributed by atoms with Crippen LogP contribution in [-0.2, 0) is 14.3 Å². The molecule has 0 amide bonds. The van der Waals surface area contributed by atoms with E-state index in [2.05, 4.69) is 5.32 Å². The molecule has 0 unspecified atom stereocenters. The molecular formula is C18H17Cl2NO3. The Morgan fingerprint density at radius 3 is 2.71 bits per heavy atom. The number of halogens is 2. The van der Waals surface area contributed by atoms with Gasteiger partial charge in [-0.2, -0.15) is 0 Å². The molecule has 6 heteroatoms. The van der Waals surface area contributed by atoms with E-state index in [1.54, 1.807) is 18.2 Å². The Kier molecular flexibility index (Phi) is 4.70. The average Bonchev–Trinajstić information content (AvgIpc) is 2.53. The van der Waals surface area contributed by atoms with Crippen molar-refractivity contribution in [2.24, 2.45) is 0 Å². The van der Waals surface area contributed by atoms with Crippen LogP contribution < -0.4 is 5.32 Å². The fourth-order valence-corrected chi connectivity index (χ4v) is 3.93. The van der Waals surface area contributed by atoms with E-state index in [-0.39, 0.29) is 5.78 Å². The second kappa shape index (κ2) is 6.61. The largest absolute Gasteiger partial charge is 0.466 e. The summed E-state index contributed by atoms with van der Waals surface area (Å²) in [7, 11) is 1.33. The second-order valence-electron chi connectivity index (χ2n) is 5.92. The van der Waals surface area contributed by atoms with Crippen LogP contribution in [0.3, 0.4) is 0 Å². The Labute approximate surface area is 150 Å². The molecule has 1 aliphatic carbocycles. The lowest BCUT2D eigenvalue weighted by Gasteiger charge is -2.34. The molecule has 3 rings (SSSR count). The molecule has 0 radical (unpaired) electrons. The van der Waals surface area contributed by atoms with Crippen molar-refractivity contribution >= 4 is 35.0 Å². The number of hydrogen-bond acceptors (Lipinski definition) is 4. The number of dihydropyridines is 1. The zero-order valence-corrected chi connectivity index (χ0v) is 14.9. The molecule has 1 atom stereocenters. The van der Waals surface area contributed by atoms with E-state index in [0.29, 0.717) is 38.9 Å². The van der Waals surface area contributed by atoms with Crippen LogP contribution in [-0.4, -0.2) is 18.9 Å². The smallest absolute Gasteiger partial charge is 0.336 e. The minimum atomic E-state index is -0.536. The lowest BCUT2D eigenvalue weighted by molar-refractivity contribution is -0.136. The first-order chi connectivity index (χ1) is 11.4. The SMILES string of the molecule is COC(=O)C1=C(C)NC2=C(C(=O)CCC2)[C@H]1c1ccc(Cl)cc1Cl. The van der Waals surface area contributed by atoms with Crippen molar-refractivity contribution in [3.8, 4) is 0 Å². The second-order valence-corrected chi connectivity index (χ2v) is 6.77. The van der Waals surface area contributed by atoms with Crippen molar-refractivity contribution in [1.82, 2.24) is 5.32 Å². The van der Waals surface area contributed by atoms with Crippen LogP contribution in [0.4, 0.5) is 0 Å². The first-order valence-electron chi connectivity index (χ1n) is 7.71. The van der Waals surface area contributed by atoms with Crippen molar-refractivity contribution in [2.75, 3.05) is 7.11 Å². The van der Waals surface area contributed by atoms with E-state index in [1.807, 2.05) is 6.92 Å². The molecule has 1 aromatic rings. The predicted octanol–water partition coefficient (Wildman–Crippen LogP) is 4.13. The molecule has 0 aromatic heterocycles. The monoisotopic (exact) mass is 365 g/mol. The summed E-state index contributed by atoms with van der Waals surface area (Å²) in [6.45, 7) is 1.81. The standard InChI is InChI=1S/C18H17Cl2NO3/c1-9-15(18(23)24-2)16(11-7-6-10(19)8-12(11)20)17-13(21-9)4-3-5-14(17)22/h6-8,16,21H,3-5H2,1-2H3/t16-/m0/s1. The number of Topliss-reactive ketones (excluding diaryl/α,β-unsaturated/α-hetero) is 1. The van der Waals surface area contributed by atoms with Gasteiger partial charge in [0.2, 0.25) is 0 Å². The molecule has 1 aromatic carbocycles. The molecular weight excluding hydrogens is 349 g/mol. The van der Waals surface area contributed by atoms with E-state index in [0.717, 1.165) is 18.5 Å². The van der Waals surface area contributed by atoms with Gasteiger partial charge < -0.3 is 10.1 Å². The lowest BCUT2D eigenvalue weighted by atomic mass is 9.75. The molecule has 4 nitrogen and oxygen atoms in total. The average molecular weight is 366 g/mol. The van der Waals surface area contributed by atoms with Gasteiger partial charge in [0.15, 0.2) is 5.78 Å². The van der Waals surface area contributed by atoms with E-state index in [4.69, 9.17) is 27.9 Å². The van der Waals surface area contributed by atoms with E-state index < -0.39 is 11.9 Å². The topological polar surface area (TPSA) is 55.4 Å². The van der Waals surface area contributed by atoms with Gasteiger partial charge in [0.1, 0.15) is 0 Å². The number of nitrogens with one attached hydrogen (secondary N) is 1. The highest BCUT2D eigenvalue weighted by atomic mass is 35.5. The number of ether oxygens (including phenoxy) is 1. The van der Waals surface area contributed by atoms with Crippen molar-refractivity contribution in [3.63, 3.8) is 0 Å². The first kappa shape index (κ1) is 17.1. The number of rotatable bonds is 2. The number of ketones is 1. The summed E-state index contributed by atoms with van der Waals surface area (Å²) >= 11 is 12.4. The molecule has 0 saturated heterocycles. The van der Waals surface area contributed by atoms with Gasteiger partial charge in [0, 0.05) is 39.4 Å². The third-order valence-electron chi connectivity index (χ3n) is 4.45. The Morgan fingerprint density at radius 2 is 2.04 bits per heavy atom. The quantitative estimate of drug-likeness (QED) is 0.800. The summed E-state index contributed by atoms with van der Waals surface area (Å²) in [6, 6.07) is 5.10. The number of esters is 1. The highest BCUT2D eigenvalue weighted by Gasteiger charge is 2.39. The Hall–Kier alpha value is -1.78. The molecule has 0 spiro atoms. The van der Waals surface area contributed by atoms with E-state index in [1.165, 1.54) is 7.11 Å². The molecule has 0 bridgehead atoms. The Bertz CT molecular complexity index is 795. The number of methoxy groups -OCH3 is 1. The molecule has 1 heterocycles. The molecule has 24 heavy (non-hydrogen) atoms.